The van der Waals surface area contributed by atoms with Gasteiger partial charge in [-0.2, -0.15) is 0 Å². The molecule has 4 unspecified atom stereocenters. The molecule has 0 aromatic heterocycles. The van der Waals surface area contributed by atoms with E-state index in [0.717, 1.165) is 19.3 Å². The van der Waals surface area contributed by atoms with Gasteiger partial charge in [-0.3, -0.25) is 19.7 Å². The first-order valence-electron chi connectivity index (χ1n) is 7.33. The molecule has 4 atom stereocenters. The Morgan fingerprint density at radius 3 is 2.75 bits per heavy atom. The van der Waals surface area contributed by atoms with Crippen LogP contribution in [0.5, 0.6) is 0 Å². The molecule has 0 bridgehead atoms. The average molecular weight is 281 g/mol. The van der Waals surface area contributed by atoms with E-state index in [2.05, 4.69) is 12.2 Å². The van der Waals surface area contributed by atoms with Crippen LogP contribution < -0.4 is 11.1 Å². The molecule has 0 aromatic rings. The van der Waals surface area contributed by atoms with Gasteiger partial charge in [-0.05, 0) is 31.6 Å². The van der Waals surface area contributed by atoms with Crippen molar-refractivity contribution >= 4 is 17.7 Å². The fraction of sp³-hybridized carbons (Fsp3) is 0.786. The molecule has 6 heteroatoms. The Kier molecular flexibility index (Phi) is 4.42. The van der Waals surface area contributed by atoms with E-state index in [9.17, 15) is 14.4 Å². The van der Waals surface area contributed by atoms with Crippen molar-refractivity contribution < 1.29 is 14.4 Å². The van der Waals surface area contributed by atoms with Crippen molar-refractivity contribution in [3.8, 4) is 0 Å². The van der Waals surface area contributed by atoms with Crippen LogP contribution in [0.4, 0.5) is 0 Å². The van der Waals surface area contributed by atoms with Gasteiger partial charge in [0.25, 0.3) is 0 Å². The predicted octanol–water partition coefficient (Wildman–Crippen LogP) is 0.0135. The SMILES string of the molecule is CCC1C(=O)NC(=O)CN1C(=O)C1CC(C)CCC1N. The number of imide groups is 1. The quantitative estimate of drug-likeness (QED) is 0.698. The Morgan fingerprint density at radius 1 is 1.40 bits per heavy atom. The monoisotopic (exact) mass is 281 g/mol. The molecule has 0 spiro atoms. The van der Waals surface area contributed by atoms with Crippen LogP contribution in [0.1, 0.15) is 39.5 Å². The van der Waals surface area contributed by atoms with Gasteiger partial charge < -0.3 is 10.6 Å². The fourth-order valence-corrected chi connectivity index (χ4v) is 3.21. The molecular formula is C14H23N3O3. The molecule has 3 amide bonds. The summed E-state index contributed by atoms with van der Waals surface area (Å²) in [5, 5.41) is 2.29. The van der Waals surface area contributed by atoms with Gasteiger partial charge in [0, 0.05) is 6.04 Å². The maximum Gasteiger partial charge on any atom is 0.249 e. The first kappa shape index (κ1) is 15.0. The second-order valence-electron chi connectivity index (χ2n) is 5.99. The minimum absolute atomic E-state index is 0.0410. The Hall–Kier alpha value is -1.43. The van der Waals surface area contributed by atoms with Gasteiger partial charge in [0.2, 0.25) is 17.7 Å². The van der Waals surface area contributed by atoms with Gasteiger partial charge >= 0.3 is 0 Å². The molecule has 1 saturated carbocycles. The highest BCUT2D eigenvalue weighted by atomic mass is 16.2. The number of nitrogens with one attached hydrogen (secondary N) is 1. The van der Waals surface area contributed by atoms with Crippen molar-refractivity contribution in [3.05, 3.63) is 0 Å². The number of hydrogen-bond acceptors (Lipinski definition) is 4. The summed E-state index contributed by atoms with van der Waals surface area (Å²) in [7, 11) is 0. The third-order valence-electron chi connectivity index (χ3n) is 4.41. The Labute approximate surface area is 119 Å². The Bertz CT molecular complexity index is 424. The maximum atomic E-state index is 12.7. The van der Waals surface area contributed by atoms with E-state index in [1.54, 1.807) is 0 Å². The molecule has 112 valence electrons. The van der Waals surface area contributed by atoms with Gasteiger partial charge in [0.15, 0.2) is 0 Å². The zero-order valence-electron chi connectivity index (χ0n) is 12.1. The van der Waals surface area contributed by atoms with Crippen LogP contribution in [-0.2, 0) is 14.4 Å². The van der Waals surface area contributed by atoms with Crippen LogP contribution in [0.2, 0.25) is 0 Å². The normalized spacial score (nSPS) is 34.9. The summed E-state index contributed by atoms with van der Waals surface area (Å²) in [4.78, 5) is 37.4. The lowest BCUT2D eigenvalue weighted by atomic mass is 9.78. The third kappa shape index (κ3) is 2.85. The number of amides is 3. The van der Waals surface area contributed by atoms with Crippen LogP contribution in [0.3, 0.4) is 0 Å². The summed E-state index contributed by atoms with van der Waals surface area (Å²) in [5.74, 6) is -0.747. The van der Waals surface area contributed by atoms with E-state index in [0.29, 0.717) is 12.3 Å². The first-order chi connectivity index (χ1) is 9.43. The van der Waals surface area contributed by atoms with E-state index < -0.39 is 11.9 Å². The smallest absolute Gasteiger partial charge is 0.249 e. The lowest BCUT2D eigenvalue weighted by Crippen LogP contribution is -2.62. The van der Waals surface area contributed by atoms with Crippen molar-refractivity contribution in [1.29, 1.82) is 0 Å². The fourth-order valence-electron chi connectivity index (χ4n) is 3.21. The van der Waals surface area contributed by atoms with Crippen molar-refractivity contribution in [1.82, 2.24) is 10.2 Å². The molecule has 6 nitrogen and oxygen atoms in total. The van der Waals surface area contributed by atoms with E-state index in [-0.39, 0.29) is 30.3 Å². The van der Waals surface area contributed by atoms with Crippen LogP contribution >= 0.6 is 0 Å². The highest BCUT2D eigenvalue weighted by Crippen LogP contribution is 2.30. The van der Waals surface area contributed by atoms with Crippen LogP contribution in [0.25, 0.3) is 0 Å². The van der Waals surface area contributed by atoms with Crippen molar-refractivity contribution in [2.24, 2.45) is 17.6 Å². The molecule has 2 aliphatic rings. The summed E-state index contributed by atoms with van der Waals surface area (Å²) in [6, 6.07) is -0.721. The van der Waals surface area contributed by atoms with Gasteiger partial charge in [-0.1, -0.05) is 13.8 Å². The molecule has 0 radical (unpaired) electrons. The largest absolute Gasteiger partial charge is 0.327 e. The van der Waals surface area contributed by atoms with Gasteiger partial charge in [-0.25, -0.2) is 0 Å². The topological polar surface area (TPSA) is 92.5 Å². The van der Waals surface area contributed by atoms with Gasteiger partial charge in [0.1, 0.15) is 12.6 Å². The Balaban J connectivity index is 2.16. The number of piperazine rings is 1. The summed E-state index contributed by atoms with van der Waals surface area (Å²) >= 11 is 0. The predicted molar refractivity (Wildman–Crippen MR) is 73.4 cm³/mol. The van der Waals surface area contributed by atoms with Gasteiger partial charge in [0.05, 0.1) is 5.92 Å². The number of carbonyl (C=O) groups is 3. The lowest BCUT2D eigenvalue weighted by Gasteiger charge is -2.39. The van der Waals surface area contributed by atoms with Crippen LogP contribution in [0, 0.1) is 11.8 Å². The minimum Gasteiger partial charge on any atom is -0.327 e. The maximum absolute atomic E-state index is 12.7. The number of nitrogens with zero attached hydrogens (tertiary/aromatic N) is 1. The average Bonchev–Trinajstić information content (AvgIpc) is 2.40. The third-order valence-corrected chi connectivity index (χ3v) is 4.41. The minimum atomic E-state index is -0.551. The molecule has 2 rings (SSSR count). The van der Waals surface area contributed by atoms with Crippen LogP contribution in [0.15, 0.2) is 0 Å². The molecule has 1 heterocycles. The van der Waals surface area contributed by atoms with Crippen molar-refractivity contribution in [2.45, 2.75) is 51.6 Å². The highest BCUT2D eigenvalue weighted by molar-refractivity contribution is 6.04. The molecule has 0 aromatic carbocycles. The van der Waals surface area contributed by atoms with Crippen LogP contribution in [-0.4, -0.2) is 41.2 Å². The highest BCUT2D eigenvalue weighted by Gasteiger charge is 2.41. The molecule has 1 aliphatic heterocycles. The molecule has 2 fully saturated rings. The second kappa shape index (κ2) is 5.91. The zero-order chi connectivity index (χ0) is 14.9. The lowest BCUT2D eigenvalue weighted by molar-refractivity contribution is -0.153. The van der Waals surface area contributed by atoms with E-state index >= 15 is 0 Å². The van der Waals surface area contributed by atoms with E-state index in [1.807, 2.05) is 6.92 Å². The van der Waals surface area contributed by atoms with Gasteiger partial charge in [-0.15, -0.1) is 0 Å². The Morgan fingerprint density at radius 2 is 2.10 bits per heavy atom. The number of rotatable bonds is 2. The summed E-state index contributed by atoms with van der Waals surface area (Å²) < 4.78 is 0. The second-order valence-corrected chi connectivity index (χ2v) is 5.99. The molecule has 20 heavy (non-hydrogen) atoms. The van der Waals surface area contributed by atoms with E-state index in [4.69, 9.17) is 5.73 Å². The van der Waals surface area contributed by atoms with E-state index in [1.165, 1.54) is 4.90 Å². The standard InChI is InChI=1S/C14H23N3O3/c1-3-11-13(19)16-12(18)7-17(11)14(20)9-6-8(2)4-5-10(9)15/h8-11H,3-7,15H2,1-2H3,(H,16,18,19). The molecule has 1 aliphatic carbocycles. The molecule has 3 N–H and O–H groups in total. The summed E-state index contributed by atoms with van der Waals surface area (Å²) in [6.45, 7) is 3.90. The van der Waals surface area contributed by atoms with Crippen molar-refractivity contribution in [3.63, 3.8) is 0 Å². The summed E-state index contributed by atoms with van der Waals surface area (Å²) in [5.41, 5.74) is 6.07. The first-order valence-corrected chi connectivity index (χ1v) is 7.33. The number of hydrogen-bond donors (Lipinski definition) is 2. The number of nitrogens with two attached hydrogens (primary N) is 1. The number of carbonyl (C=O) groups excluding carboxylic acids is 3. The zero-order valence-corrected chi connectivity index (χ0v) is 12.1. The molecule has 1 saturated heterocycles. The van der Waals surface area contributed by atoms with Crippen molar-refractivity contribution in [2.75, 3.05) is 6.54 Å². The molecular weight excluding hydrogens is 258 g/mol. The summed E-state index contributed by atoms with van der Waals surface area (Å²) in [6.07, 6.45) is 3.09.